The Bertz CT molecular complexity index is 659. The highest BCUT2D eigenvalue weighted by molar-refractivity contribution is 8.15. The van der Waals surface area contributed by atoms with E-state index in [0.29, 0.717) is 12.0 Å². The summed E-state index contributed by atoms with van der Waals surface area (Å²) in [4.78, 5) is 26.8. The summed E-state index contributed by atoms with van der Waals surface area (Å²) in [7, 11) is 0. The second-order valence-corrected chi connectivity index (χ2v) is 8.44. The van der Waals surface area contributed by atoms with Gasteiger partial charge in [-0.1, -0.05) is 22.9 Å². The van der Waals surface area contributed by atoms with Crippen molar-refractivity contribution in [2.24, 2.45) is 0 Å². The van der Waals surface area contributed by atoms with Crippen LogP contribution in [0.1, 0.15) is 56.3 Å². The van der Waals surface area contributed by atoms with E-state index in [9.17, 15) is 9.59 Å². The van der Waals surface area contributed by atoms with Crippen LogP contribution in [-0.4, -0.2) is 29.2 Å². The fourth-order valence-electron chi connectivity index (χ4n) is 3.54. The quantitative estimate of drug-likeness (QED) is 0.590. The smallest absolute Gasteiger partial charge is 0.220 e. The standard InChI is InChI=1S/C20H25NO2S/c1-15-9-10-20(14-22,13-16(15)2)24-19(23)17-5-7-18(8-6-17)21-11-3-4-12-21/h5-8,14H,3-4,9-13H2,1-2H3. The molecule has 0 amide bonds. The fraction of sp³-hybridized carbons (Fsp3) is 0.500. The fourth-order valence-corrected chi connectivity index (χ4v) is 4.70. The molecule has 3 rings (SSSR count). The summed E-state index contributed by atoms with van der Waals surface area (Å²) >= 11 is 1.21. The van der Waals surface area contributed by atoms with E-state index in [1.165, 1.54) is 41.4 Å². The first kappa shape index (κ1) is 17.3. The van der Waals surface area contributed by atoms with Gasteiger partial charge in [-0.25, -0.2) is 0 Å². The highest BCUT2D eigenvalue weighted by Gasteiger charge is 2.36. The Morgan fingerprint density at radius 3 is 2.38 bits per heavy atom. The molecule has 0 saturated carbocycles. The van der Waals surface area contributed by atoms with Crippen molar-refractivity contribution in [3.05, 3.63) is 41.0 Å². The zero-order valence-corrected chi connectivity index (χ0v) is 15.3. The van der Waals surface area contributed by atoms with Crippen molar-refractivity contribution in [3.63, 3.8) is 0 Å². The molecule has 1 heterocycles. The van der Waals surface area contributed by atoms with E-state index in [1.54, 1.807) is 0 Å². The number of thioether (sulfide) groups is 1. The normalized spacial score (nSPS) is 24.3. The maximum Gasteiger partial charge on any atom is 0.220 e. The number of carbonyl (C=O) groups is 2. The molecule has 0 radical (unpaired) electrons. The molecule has 0 N–H and O–H groups in total. The summed E-state index contributed by atoms with van der Waals surface area (Å²) in [6, 6.07) is 7.86. The second kappa shape index (κ2) is 7.14. The van der Waals surface area contributed by atoms with Gasteiger partial charge in [0, 0.05) is 24.3 Å². The Hall–Kier alpha value is -1.55. The number of hydrogen-bond acceptors (Lipinski definition) is 4. The lowest BCUT2D eigenvalue weighted by molar-refractivity contribution is -0.110. The van der Waals surface area contributed by atoms with Crippen molar-refractivity contribution in [2.45, 2.75) is 50.7 Å². The predicted molar refractivity (Wildman–Crippen MR) is 101 cm³/mol. The minimum absolute atomic E-state index is 0.00225. The summed E-state index contributed by atoms with van der Waals surface area (Å²) in [5, 5.41) is 0.00225. The lowest BCUT2D eigenvalue weighted by Gasteiger charge is -2.32. The summed E-state index contributed by atoms with van der Waals surface area (Å²) < 4.78 is -0.589. The SMILES string of the molecule is CC1=C(C)CC(C=O)(SC(=O)c2ccc(N3CCCC3)cc2)CC1. The lowest BCUT2D eigenvalue weighted by atomic mass is 9.85. The number of aldehydes is 1. The zero-order chi connectivity index (χ0) is 17.2. The van der Waals surface area contributed by atoms with Gasteiger partial charge in [-0.2, -0.15) is 0 Å². The lowest BCUT2D eigenvalue weighted by Crippen LogP contribution is -2.32. The third-order valence-electron chi connectivity index (χ3n) is 5.30. The minimum Gasteiger partial charge on any atom is -0.372 e. The van der Waals surface area contributed by atoms with Crippen molar-refractivity contribution in [3.8, 4) is 0 Å². The Kier molecular flexibility index (Phi) is 5.14. The minimum atomic E-state index is -0.589. The van der Waals surface area contributed by atoms with Crippen LogP contribution in [0.25, 0.3) is 0 Å². The van der Waals surface area contributed by atoms with Gasteiger partial charge in [0.25, 0.3) is 0 Å². The maximum absolute atomic E-state index is 12.7. The van der Waals surface area contributed by atoms with Gasteiger partial charge in [0.1, 0.15) is 6.29 Å². The van der Waals surface area contributed by atoms with Gasteiger partial charge in [-0.3, -0.25) is 4.79 Å². The molecule has 1 saturated heterocycles. The zero-order valence-electron chi connectivity index (χ0n) is 14.5. The Balaban J connectivity index is 1.71. The number of benzene rings is 1. The van der Waals surface area contributed by atoms with Crippen molar-refractivity contribution >= 4 is 28.9 Å². The van der Waals surface area contributed by atoms with Crippen LogP contribution in [0.2, 0.25) is 0 Å². The van der Waals surface area contributed by atoms with E-state index >= 15 is 0 Å². The van der Waals surface area contributed by atoms with Crippen LogP contribution in [-0.2, 0) is 4.79 Å². The number of carbonyl (C=O) groups excluding carboxylic acids is 2. The Morgan fingerprint density at radius 1 is 1.12 bits per heavy atom. The van der Waals surface area contributed by atoms with Gasteiger partial charge in [0.15, 0.2) is 0 Å². The molecule has 1 aliphatic carbocycles. The van der Waals surface area contributed by atoms with Gasteiger partial charge in [0.2, 0.25) is 5.12 Å². The third kappa shape index (κ3) is 3.59. The molecule has 1 atom stereocenters. The number of hydrogen-bond donors (Lipinski definition) is 0. The molecule has 1 aromatic carbocycles. The molecule has 0 aromatic heterocycles. The van der Waals surface area contributed by atoms with Crippen LogP contribution in [0, 0.1) is 0 Å². The molecule has 128 valence electrons. The van der Waals surface area contributed by atoms with E-state index in [2.05, 4.69) is 18.7 Å². The molecule has 1 aliphatic heterocycles. The van der Waals surface area contributed by atoms with Gasteiger partial charge in [0.05, 0.1) is 4.75 Å². The highest BCUT2D eigenvalue weighted by Crippen LogP contribution is 2.42. The van der Waals surface area contributed by atoms with Crippen LogP contribution < -0.4 is 4.90 Å². The summed E-state index contributed by atoms with van der Waals surface area (Å²) in [5.41, 5.74) is 4.48. The van der Waals surface area contributed by atoms with Gasteiger partial charge in [-0.05, 0) is 70.2 Å². The maximum atomic E-state index is 12.7. The molecule has 2 aliphatic rings. The Labute approximate surface area is 148 Å². The molecular formula is C20H25NO2S. The van der Waals surface area contributed by atoms with Crippen LogP contribution in [0.4, 0.5) is 5.69 Å². The van der Waals surface area contributed by atoms with Crippen molar-refractivity contribution in [1.29, 1.82) is 0 Å². The molecule has 24 heavy (non-hydrogen) atoms. The van der Waals surface area contributed by atoms with E-state index < -0.39 is 4.75 Å². The summed E-state index contributed by atoms with van der Waals surface area (Å²) in [6.07, 6.45) is 5.81. The third-order valence-corrected chi connectivity index (χ3v) is 6.57. The molecule has 0 bridgehead atoms. The van der Waals surface area contributed by atoms with Crippen LogP contribution in [0.5, 0.6) is 0 Å². The average Bonchev–Trinajstić information content (AvgIpc) is 3.13. The molecule has 4 heteroatoms. The topological polar surface area (TPSA) is 37.4 Å². The van der Waals surface area contributed by atoms with Crippen LogP contribution >= 0.6 is 11.8 Å². The van der Waals surface area contributed by atoms with E-state index in [0.717, 1.165) is 32.2 Å². The van der Waals surface area contributed by atoms with Crippen molar-refractivity contribution in [1.82, 2.24) is 0 Å². The monoisotopic (exact) mass is 343 g/mol. The molecule has 1 fully saturated rings. The van der Waals surface area contributed by atoms with Crippen LogP contribution in [0.15, 0.2) is 35.4 Å². The first-order chi connectivity index (χ1) is 11.5. The van der Waals surface area contributed by atoms with Gasteiger partial charge in [-0.15, -0.1) is 0 Å². The number of anilines is 1. The van der Waals surface area contributed by atoms with E-state index in [1.807, 2.05) is 24.3 Å². The molecule has 1 unspecified atom stereocenters. The predicted octanol–water partition coefficient (Wildman–Crippen LogP) is 4.62. The number of allylic oxidation sites excluding steroid dienone is 2. The largest absolute Gasteiger partial charge is 0.372 e. The Morgan fingerprint density at radius 2 is 1.79 bits per heavy atom. The summed E-state index contributed by atoms with van der Waals surface area (Å²) in [6.45, 7) is 6.39. The molecule has 3 nitrogen and oxygen atoms in total. The first-order valence-corrected chi connectivity index (χ1v) is 9.54. The van der Waals surface area contributed by atoms with Crippen molar-refractivity contribution < 1.29 is 9.59 Å². The first-order valence-electron chi connectivity index (χ1n) is 8.73. The number of rotatable bonds is 4. The molecular weight excluding hydrogens is 318 g/mol. The van der Waals surface area contributed by atoms with Crippen molar-refractivity contribution in [2.75, 3.05) is 18.0 Å². The second-order valence-electron chi connectivity index (χ2n) is 7.05. The van der Waals surface area contributed by atoms with Crippen LogP contribution in [0.3, 0.4) is 0 Å². The highest BCUT2D eigenvalue weighted by atomic mass is 32.2. The van der Waals surface area contributed by atoms with E-state index in [4.69, 9.17) is 0 Å². The summed E-state index contributed by atoms with van der Waals surface area (Å²) in [5.74, 6) is 0. The number of nitrogens with zero attached hydrogens (tertiary/aromatic N) is 1. The molecule has 0 spiro atoms. The van der Waals surface area contributed by atoms with Gasteiger partial charge >= 0.3 is 0 Å². The van der Waals surface area contributed by atoms with E-state index in [-0.39, 0.29) is 5.12 Å². The van der Waals surface area contributed by atoms with Gasteiger partial charge < -0.3 is 9.69 Å². The molecule has 1 aromatic rings. The average molecular weight is 343 g/mol.